The Morgan fingerprint density at radius 1 is 1.40 bits per heavy atom. The van der Waals surface area contributed by atoms with E-state index in [1.807, 2.05) is 18.4 Å². The molecule has 2 aromatic heterocycles. The first-order valence-corrected chi connectivity index (χ1v) is 5.37. The first-order chi connectivity index (χ1) is 7.18. The molecule has 0 radical (unpaired) electrons. The van der Waals surface area contributed by atoms with E-state index in [1.165, 1.54) is 17.5 Å². The van der Waals surface area contributed by atoms with Gasteiger partial charge in [-0.1, -0.05) is 0 Å². The maximum Gasteiger partial charge on any atom is 0.221 e. The van der Waals surface area contributed by atoms with Crippen LogP contribution in [0.15, 0.2) is 29.8 Å². The molecule has 0 atom stereocenters. The van der Waals surface area contributed by atoms with E-state index < -0.39 is 0 Å². The number of pyridine rings is 1. The van der Waals surface area contributed by atoms with Gasteiger partial charge in [0.05, 0.1) is 16.8 Å². The van der Waals surface area contributed by atoms with Crippen LogP contribution in [-0.2, 0) is 0 Å². The molecule has 0 saturated heterocycles. The number of rotatable bonds is 2. The molecule has 15 heavy (non-hydrogen) atoms. The number of aromatic nitrogens is 1. The fourth-order valence-electron chi connectivity index (χ4n) is 1.26. The molecule has 2 rings (SSSR count). The average molecular weight is 218 g/mol. The first kappa shape index (κ1) is 9.86. The van der Waals surface area contributed by atoms with Crippen molar-refractivity contribution in [1.29, 1.82) is 0 Å². The highest BCUT2D eigenvalue weighted by atomic mass is 32.1. The second-order valence-corrected chi connectivity index (χ2v) is 4.15. The molecule has 3 nitrogen and oxygen atoms in total. The number of thiophene rings is 1. The summed E-state index contributed by atoms with van der Waals surface area (Å²) in [6.07, 6.45) is 1.50. The summed E-state index contributed by atoms with van der Waals surface area (Å²) in [5, 5.41) is 1.90. The van der Waals surface area contributed by atoms with Gasteiger partial charge >= 0.3 is 0 Å². The predicted octanol–water partition coefficient (Wildman–Crippen LogP) is 2.26. The molecule has 0 fully saturated rings. The van der Waals surface area contributed by atoms with Crippen LogP contribution in [0.25, 0.3) is 0 Å². The summed E-state index contributed by atoms with van der Waals surface area (Å²) >= 11 is 1.44. The van der Waals surface area contributed by atoms with E-state index in [9.17, 15) is 4.79 Å². The van der Waals surface area contributed by atoms with Gasteiger partial charge < -0.3 is 5.73 Å². The maximum absolute atomic E-state index is 11.9. The van der Waals surface area contributed by atoms with Crippen LogP contribution < -0.4 is 5.73 Å². The van der Waals surface area contributed by atoms with Crippen molar-refractivity contribution in [3.05, 3.63) is 45.9 Å². The number of nitrogens with zero attached hydrogens (tertiary/aromatic N) is 1. The van der Waals surface area contributed by atoms with Crippen LogP contribution in [0.5, 0.6) is 0 Å². The van der Waals surface area contributed by atoms with Crippen LogP contribution in [0.4, 0.5) is 5.69 Å². The second kappa shape index (κ2) is 3.82. The van der Waals surface area contributed by atoms with Crippen LogP contribution in [0, 0.1) is 6.92 Å². The van der Waals surface area contributed by atoms with Gasteiger partial charge in [-0.25, -0.2) is 0 Å². The Morgan fingerprint density at radius 3 is 2.73 bits per heavy atom. The van der Waals surface area contributed by atoms with Crippen molar-refractivity contribution in [2.75, 3.05) is 5.73 Å². The van der Waals surface area contributed by atoms with E-state index in [4.69, 9.17) is 5.73 Å². The molecule has 4 heteroatoms. The van der Waals surface area contributed by atoms with Crippen molar-refractivity contribution < 1.29 is 4.79 Å². The molecule has 0 saturated carbocycles. The highest BCUT2D eigenvalue weighted by Crippen LogP contribution is 2.19. The molecule has 0 aliphatic heterocycles. The van der Waals surface area contributed by atoms with Crippen molar-refractivity contribution in [2.24, 2.45) is 0 Å². The van der Waals surface area contributed by atoms with Crippen molar-refractivity contribution in [1.82, 2.24) is 4.98 Å². The van der Waals surface area contributed by atoms with Gasteiger partial charge in [0.2, 0.25) is 5.78 Å². The minimum absolute atomic E-state index is 0.0394. The number of nitrogens with two attached hydrogens (primary N) is 1. The molecule has 0 aliphatic rings. The Morgan fingerprint density at radius 2 is 2.20 bits per heavy atom. The van der Waals surface area contributed by atoms with Crippen molar-refractivity contribution >= 4 is 22.8 Å². The summed E-state index contributed by atoms with van der Waals surface area (Å²) in [5.74, 6) is -0.0394. The van der Waals surface area contributed by atoms with Crippen LogP contribution in [-0.4, -0.2) is 10.8 Å². The summed E-state index contributed by atoms with van der Waals surface area (Å²) in [6.45, 7) is 1.92. The molecule has 0 unspecified atom stereocenters. The highest BCUT2D eigenvalue weighted by Gasteiger charge is 2.13. The van der Waals surface area contributed by atoms with E-state index >= 15 is 0 Å². The molecule has 0 bridgehead atoms. The topological polar surface area (TPSA) is 56.0 Å². The highest BCUT2D eigenvalue weighted by molar-refractivity contribution is 7.12. The maximum atomic E-state index is 11.9. The lowest BCUT2D eigenvalue weighted by molar-refractivity contribution is 0.103. The standard InChI is InChI=1S/C11H10N2OS/c1-7-4-5-15-11(7)10(14)9-3-2-8(12)6-13-9/h2-6H,12H2,1H3. The summed E-state index contributed by atoms with van der Waals surface area (Å²) in [5.41, 5.74) is 7.50. The van der Waals surface area contributed by atoms with Gasteiger partial charge in [0.1, 0.15) is 5.69 Å². The van der Waals surface area contributed by atoms with Crippen molar-refractivity contribution in [3.63, 3.8) is 0 Å². The van der Waals surface area contributed by atoms with Crippen molar-refractivity contribution in [3.8, 4) is 0 Å². The fraction of sp³-hybridized carbons (Fsp3) is 0.0909. The monoisotopic (exact) mass is 218 g/mol. The molecule has 2 N–H and O–H groups in total. The van der Waals surface area contributed by atoms with Gasteiger partial charge in [-0.2, -0.15) is 0 Å². The van der Waals surface area contributed by atoms with Gasteiger partial charge in [-0.05, 0) is 36.1 Å². The fourth-order valence-corrected chi connectivity index (χ4v) is 2.14. The number of anilines is 1. The molecule has 2 aromatic rings. The Bertz CT molecular complexity index is 488. The molecule has 0 amide bonds. The third kappa shape index (κ3) is 1.89. The van der Waals surface area contributed by atoms with Gasteiger partial charge in [0.25, 0.3) is 0 Å². The Balaban J connectivity index is 2.37. The third-order valence-electron chi connectivity index (χ3n) is 2.09. The number of aryl methyl sites for hydroxylation is 1. The zero-order valence-electron chi connectivity index (χ0n) is 8.23. The molecule has 0 aromatic carbocycles. The van der Waals surface area contributed by atoms with E-state index in [2.05, 4.69) is 4.98 Å². The molecular weight excluding hydrogens is 208 g/mol. The van der Waals surface area contributed by atoms with Gasteiger partial charge in [0.15, 0.2) is 0 Å². The summed E-state index contributed by atoms with van der Waals surface area (Å²) < 4.78 is 0. The zero-order chi connectivity index (χ0) is 10.8. The van der Waals surface area contributed by atoms with Crippen LogP contribution >= 0.6 is 11.3 Å². The Hall–Kier alpha value is -1.68. The smallest absolute Gasteiger partial charge is 0.221 e. The quantitative estimate of drug-likeness (QED) is 0.787. The lowest BCUT2D eigenvalue weighted by Crippen LogP contribution is -2.03. The number of hydrogen-bond donors (Lipinski definition) is 1. The molecule has 2 heterocycles. The summed E-state index contributed by atoms with van der Waals surface area (Å²) in [7, 11) is 0. The first-order valence-electron chi connectivity index (χ1n) is 4.49. The number of ketones is 1. The van der Waals surface area contributed by atoms with E-state index in [-0.39, 0.29) is 5.78 Å². The average Bonchev–Trinajstić information content (AvgIpc) is 2.65. The lowest BCUT2D eigenvalue weighted by Gasteiger charge is -1.99. The van der Waals surface area contributed by atoms with Crippen LogP contribution in [0.1, 0.15) is 20.9 Å². The number of nitrogen functional groups attached to an aromatic ring is 1. The van der Waals surface area contributed by atoms with Crippen molar-refractivity contribution in [2.45, 2.75) is 6.92 Å². The minimum Gasteiger partial charge on any atom is -0.397 e. The minimum atomic E-state index is -0.0394. The zero-order valence-corrected chi connectivity index (χ0v) is 9.04. The lowest BCUT2D eigenvalue weighted by atomic mass is 10.1. The van der Waals surface area contributed by atoms with E-state index in [0.29, 0.717) is 11.4 Å². The SMILES string of the molecule is Cc1ccsc1C(=O)c1ccc(N)cn1. The summed E-state index contributed by atoms with van der Waals surface area (Å²) in [4.78, 5) is 16.7. The number of carbonyl (C=O) groups excluding carboxylic acids is 1. The normalized spacial score (nSPS) is 10.2. The molecule has 0 aliphatic carbocycles. The van der Waals surface area contributed by atoms with E-state index in [1.54, 1.807) is 12.1 Å². The molecule has 76 valence electrons. The van der Waals surface area contributed by atoms with Crippen LogP contribution in [0.2, 0.25) is 0 Å². The number of carbonyl (C=O) groups is 1. The van der Waals surface area contributed by atoms with Crippen LogP contribution in [0.3, 0.4) is 0 Å². The molecule has 0 spiro atoms. The van der Waals surface area contributed by atoms with Gasteiger partial charge in [-0.3, -0.25) is 9.78 Å². The number of hydrogen-bond acceptors (Lipinski definition) is 4. The van der Waals surface area contributed by atoms with Gasteiger partial charge in [-0.15, -0.1) is 11.3 Å². The van der Waals surface area contributed by atoms with E-state index in [0.717, 1.165) is 10.4 Å². The molecular formula is C11H10N2OS. The Kier molecular flexibility index (Phi) is 2.51. The van der Waals surface area contributed by atoms with Gasteiger partial charge in [0, 0.05) is 0 Å². The predicted molar refractivity (Wildman–Crippen MR) is 61.1 cm³/mol. The third-order valence-corrected chi connectivity index (χ3v) is 3.10. The Labute approximate surface area is 91.6 Å². The largest absolute Gasteiger partial charge is 0.397 e. The second-order valence-electron chi connectivity index (χ2n) is 3.24. The summed E-state index contributed by atoms with van der Waals surface area (Å²) in [6, 6.07) is 5.26.